The predicted molar refractivity (Wildman–Crippen MR) is 124 cm³/mol. The second-order valence-corrected chi connectivity index (χ2v) is 8.54. The maximum absolute atomic E-state index is 13.1. The van der Waals surface area contributed by atoms with E-state index in [-0.39, 0.29) is 11.7 Å². The first kappa shape index (κ1) is 23.0. The predicted octanol–water partition coefficient (Wildman–Crippen LogP) is 2.29. The fraction of sp³-hybridized carbons (Fsp3) is 0.500. The Balaban J connectivity index is 1.33. The van der Waals surface area contributed by atoms with Gasteiger partial charge in [0.15, 0.2) is 5.96 Å². The van der Waals surface area contributed by atoms with Crippen LogP contribution in [0.2, 0.25) is 0 Å². The number of hydrogen-bond acceptors (Lipinski definition) is 5. The lowest BCUT2D eigenvalue weighted by Gasteiger charge is -2.36. The topological polar surface area (TPSA) is 72.9 Å². The molecule has 1 aromatic heterocycles. The minimum Gasteiger partial charge on any atom is -0.368 e. The summed E-state index contributed by atoms with van der Waals surface area (Å²) in [6.45, 7) is 6.28. The number of hydrogen-bond donors (Lipinski definition) is 2. The van der Waals surface area contributed by atoms with Gasteiger partial charge in [-0.2, -0.15) is 0 Å². The number of piperazine rings is 1. The Hall–Kier alpha value is -2.68. The second kappa shape index (κ2) is 11.6. The number of nitrogens with zero attached hydrogens (tertiary/aromatic N) is 4. The first-order valence-electron chi connectivity index (χ1n) is 10.8. The molecule has 2 N–H and O–H groups in total. The molecule has 0 radical (unpaired) electrons. The molecule has 0 atom stereocenters. The highest BCUT2D eigenvalue weighted by Crippen LogP contribution is 2.17. The molecule has 0 bridgehead atoms. The molecule has 1 saturated heterocycles. The highest BCUT2D eigenvalue weighted by atomic mass is 32.1. The average molecular weight is 447 g/mol. The number of benzene rings is 1. The van der Waals surface area contributed by atoms with E-state index in [4.69, 9.17) is 0 Å². The number of aliphatic imine (C=N–C) groups is 1. The van der Waals surface area contributed by atoms with Crippen molar-refractivity contribution in [2.45, 2.75) is 26.2 Å². The molecule has 7 nitrogen and oxygen atoms in total. The van der Waals surface area contributed by atoms with Crippen LogP contribution in [0.1, 0.15) is 23.2 Å². The number of amides is 1. The van der Waals surface area contributed by atoms with E-state index in [0.717, 1.165) is 43.2 Å². The molecule has 9 heteroatoms. The van der Waals surface area contributed by atoms with E-state index >= 15 is 0 Å². The standard InChI is InChI=1S/C22H31FN6OS/c1-3-19-16-27-20(31-19)8-10-25-22(24-2)26-11-9-21(30)29-14-12-28(13-15-29)18-6-4-17(23)5-7-18/h4-7,16H,3,8-15H2,1-2H3,(H2,24,25,26). The highest BCUT2D eigenvalue weighted by Gasteiger charge is 2.21. The number of nitrogens with one attached hydrogen (secondary N) is 2. The smallest absolute Gasteiger partial charge is 0.224 e. The number of guanidine groups is 1. The number of carbonyl (C=O) groups excluding carboxylic acids is 1. The molecule has 0 saturated carbocycles. The monoisotopic (exact) mass is 446 g/mol. The van der Waals surface area contributed by atoms with Crippen LogP contribution in [-0.4, -0.2) is 68.1 Å². The third-order valence-electron chi connectivity index (χ3n) is 5.26. The van der Waals surface area contributed by atoms with E-state index in [1.54, 1.807) is 30.5 Å². The molecule has 31 heavy (non-hydrogen) atoms. The molecule has 1 aliphatic rings. The maximum atomic E-state index is 13.1. The number of halogens is 1. The molecule has 1 aromatic carbocycles. The lowest BCUT2D eigenvalue weighted by molar-refractivity contribution is -0.131. The number of thiazole rings is 1. The first-order valence-corrected chi connectivity index (χ1v) is 11.6. The minimum atomic E-state index is -0.233. The van der Waals surface area contributed by atoms with Gasteiger partial charge in [0.25, 0.3) is 0 Å². The van der Waals surface area contributed by atoms with E-state index in [1.807, 2.05) is 11.1 Å². The van der Waals surface area contributed by atoms with E-state index in [1.165, 1.54) is 17.0 Å². The molecule has 168 valence electrons. The Morgan fingerprint density at radius 3 is 2.52 bits per heavy atom. The van der Waals surface area contributed by atoms with Crippen LogP contribution in [0.4, 0.5) is 10.1 Å². The van der Waals surface area contributed by atoms with Crippen molar-refractivity contribution in [2.24, 2.45) is 4.99 Å². The summed E-state index contributed by atoms with van der Waals surface area (Å²) in [7, 11) is 1.73. The minimum absolute atomic E-state index is 0.136. The normalized spacial score (nSPS) is 14.6. The number of anilines is 1. The number of aromatic nitrogens is 1. The summed E-state index contributed by atoms with van der Waals surface area (Å²) in [4.78, 5) is 26.6. The Morgan fingerprint density at radius 2 is 1.87 bits per heavy atom. The van der Waals surface area contributed by atoms with Gasteiger partial charge >= 0.3 is 0 Å². The molecule has 0 unspecified atom stereocenters. The summed E-state index contributed by atoms with van der Waals surface area (Å²) in [5.74, 6) is 0.598. The van der Waals surface area contributed by atoms with Crippen molar-refractivity contribution in [2.75, 3.05) is 51.2 Å². The van der Waals surface area contributed by atoms with Crippen molar-refractivity contribution in [1.82, 2.24) is 20.5 Å². The molecule has 0 spiro atoms. The lowest BCUT2D eigenvalue weighted by Crippen LogP contribution is -2.49. The van der Waals surface area contributed by atoms with Gasteiger partial charge in [-0.05, 0) is 30.7 Å². The quantitative estimate of drug-likeness (QED) is 0.481. The zero-order chi connectivity index (χ0) is 22.1. The Morgan fingerprint density at radius 1 is 1.16 bits per heavy atom. The van der Waals surface area contributed by atoms with E-state index in [0.29, 0.717) is 32.0 Å². The number of aryl methyl sites for hydroxylation is 1. The summed E-state index contributed by atoms with van der Waals surface area (Å²) in [5.41, 5.74) is 0.994. The highest BCUT2D eigenvalue weighted by molar-refractivity contribution is 7.11. The van der Waals surface area contributed by atoms with Crippen LogP contribution < -0.4 is 15.5 Å². The zero-order valence-electron chi connectivity index (χ0n) is 18.2. The molecule has 2 aromatic rings. The van der Waals surface area contributed by atoms with Crippen LogP contribution in [0, 0.1) is 5.82 Å². The van der Waals surface area contributed by atoms with Gasteiger partial charge in [0, 0.05) is 75.9 Å². The number of rotatable bonds is 8. The second-order valence-electron chi connectivity index (χ2n) is 7.34. The largest absolute Gasteiger partial charge is 0.368 e. The van der Waals surface area contributed by atoms with E-state index < -0.39 is 0 Å². The molecule has 1 amide bonds. The van der Waals surface area contributed by atoms with Crippen molar-refractivity contribution in [1.29, 1.82) is 0 Å². The molecule has 1 fully saturated rings. The average Bonchev–Trinajstić information content (AvgIpc) is 3.26. The molecular weight excluding hydrogens is 415 g/mol. The van der Waals surface area contributed by atoms with Crippen LogP contribution in [0.15, 0.2) is 35.5 Å². The Bertz CT molecular complexity index is 861. The molecule has 0 aliphatic carbocycles. The van der Waals surface area contributed by atoms with Crippen LogP contribution in [0.5, 0.6) is 0 Å². The lowest BCUT2D eigenvalue weighted by atomic mass is 10.2. The van der Waals surface area contributed by atoms with Gasteiger partial charge in [-0.1, -0.05) is 6.92 Å². The van der Waals surface area contributed by atoms with Gasteiger partial charge in [0.05, 0.1) is 5.01 Å². The summed E-state index contributed by atoms with van der Waals surface area (Å²) in [5, 5.41) is 7.60. The fourth-order valence-electron chi connectivity index (χ4n) is 3.45. The van der Waals surface area contributed by atoms with E-state index in [9.17, 15) is 9.18 Å². The van der Waals surface area contributed by atoms with Crippen LogP contribution in [-0.2, 0) is 17.6 Å². The van der Waals surface area contributed by atoms with Gasteiger partial charge in [-0.25, -0.2) is 9.37 Å². The Kier molecular flexibility index (Phi) is 8.63. The Labute approximate surface area is 187 Å². The summed E-state index contributed by atoms with van der Waals surface area (Å²) in [6, 6.07) is 6.51. The summed E-state index contributed by atoms with van der Waals surface area (Å²) < 4.78 is 13.1. The third kappa shape index (κ3) is 6.92. The van der Waals surface area contributed by atoms with E-state index in [2.05, 4.69) is 32.4 Å². The molecule has 3 rings (SSSR count). The van der Waals surface area contributed by atoms with Crippen molar-refractivity contribution in [3.05, 3.63) is 46.2 Å². The van der Waals surface area contributed by atoms with Crippen molar-refractivity contribution < 1.29 is 9.18 Å². The molecule has 1 aliphatic heterocycles. The third-order valence-corrected chi connectivity index (χ3v) is 6.46. The van der Waals surface area contributed by atoms with Gasteiger partial charge in [0.2, 0.25) is 5.91 Å². The molecular formula is C22H31FN6OS. The fourth-order valence-corrected chi connectivity index (χ4v) is 4.31. The maximum Gasteiger partial charge on any atom is 0.224 e. The zero-order valence-corrected chi connectivity index (χ0v) is 19.1. The summed E-state index contributed by atoms with van der Waals surface area (Å²) >= 11 is 1.75. The van der Waals surface area contributed by atoms with Gasteiger partial charge in [-0.15, -0.1) is 11.3 Å². The van der Waals surface area contributed by atoms with Crippen molar-refractivity contribution in [3.63, 3.8) is 0 Å². The molecule has 2 heterocycles. The van der Waals surface area contributed by atoms with Gasteiger partial charge in [0.1, 0.15) is 5.82 Å². The van der Waals surface area contributed by atoms with Crippen molar-refractivity contribution in [3.8, 4) is 0 Å². The number of carbonyl (C=O) groups is 1. The van der Waals surface area contributed by atoms with Crippen LogP contribution in [0.25, 0.3) is 0 Å². The van der Waals surface area contributed by atoms with Crippen LogP contribution >= 0.6 is 11.3 Å². The van der Waals surface area contributed by atoms with Gasteiger partial charge in [-0.3, -0.25) is 9.79 Å². The first-order chi connectivity index (χ1) is 15.1. The van der Waals surface area contributed by atoms with Gasteiger partial charge < -0.3 is 20.4 Å². The summed E-state index contributed by atoms with van der Waals surface area (Å²) in [6.07, 6.45) is 4.23. The van der Waals surface area contributed by atoms with Crippen LogP contribution in [0.3, 0.4) is 0 Å². The van der Waals surface area contributed by atoms with Crippen molar-refractivity contribution >= 4 is 28.9 Å². The SMILES string of the molecule is CCc1cnc(CCNC(=NC)NCCC(=O)N2CCN(c3ccc(F)cc3)CC2)s1.